The SMILES string of the molecule is CSc1ccc(S(=O)(=O)N2CCC(c3nnc4n3CCNC4)CC2)cc1.Cl. The van der Waals surface area contributed by atoms with Crippen LogP contribution in [0, 0.1) is 0 Å². The minimum atomic E-state index is -3.43. The lowest BCUT2D eigenvalue weighted by Gasteiger charge is -2.31. The molecule has 0 bridgehead atoms. The van der Waals surface area contributed by atoms with Crippen molar-refractivity contribution in [2.45, 2.75) is 41.6 Å². The number of nitrogens with zero attached hydrogens (tertiary/aromatic N) is 4. The zero-order valence-electron chi connectivity index (χ0n) is 15.2. The molecule has 1 aromatic carbocycles. The summed E-state index contributed by atoms with van der Waals surface area (Å²) in [4.78, 5) is 1.44. The molecule has 4 rings (SSSR count). The third-order valence-corrected chi connectivity index (χ3v) is 7.82. The van der Waals surface area contributed by atoms with Gasteiger partial charge in [0.1, 0.15) is 11.6 Å². The minimum Gasteiger partial charge on any atom is -0.312 e. The second-order valence-electron chi connectivity index (χ2n) is 6.66. The monoisotopic (exact) mass is 429 g/mol. The van der Waals surface area contributed by atoms with Crippen LogP contribution in [-0.2, 0) is 23.1 Å². The molecule has 2 aliphatic heterocycles. The lowest BCUT2D eigenvalue weighted by Crippen LogP contribution is -2.38. The van der Waals surface area contributed by atoms with Crippen LogP contribution in [0.3, 0.4) is 0 Å². The second kappa shape index (κ2) is 8.48. The number of piperidine rings is 1. The van der Waals surface area contributed by atoms with Gasteiger partial charge in [-0.15, -0.1) is 34.4 Å². The molecule has 1 aromatic heterocycles. The molecule has 1 fully saturated rings. The van der Waals surface area contributed by atoms with Gasteiger partial charge in [0.05, 0.1) is 11.4 Å². The molecule has 0 radical (unpaired) electrons. The van der Waals surface area contributed by atoms with E-state index in [2.05, 4.69) is 20.1 Å². The molecule has 148 valence electrons. The van der Waals surface area contributed by atoms with E-state index in [1.54, 1.807) is 28.2 Å². The van der Waals surface area contributed by atoms with Gasteiger partial charge in [0.25, 0.3) is 0 Å². The summed E-state index contributed by atoms with van der Waals surface area (Å²) < 4.78 is 29.6. The first-order valence-electron chi connectivity index (χ1n) is 8.86. The molecule has 0 saturated carbocycles. The Labute approximate surface area is 170 Å². The average molecular weight is 430 g/mol. The summed E-state index contributed by atoms with van der Waals surface area (Å²) in [7, 11) is -3.43. The quantitative estimate of drug-likeness (QED) is 0.749. The molecular weight excluding hydrogens is 406 g/mol. The molecule has 0 atom stereocenters. The number of nitrogens with one attached hydrogen (secondary N) is 1. The Morgan fingerprint density at radius 2 is 1.81 bits per heavy atom. The van der Waals surface area contributed by atoms with Gasteiger partial charge in [-0.05, 0) is 43.4 Å². The first-order chi connectivity index (χ1) is 12.6. The van der Waals surface area contributed by atoms with Crippen molar-refractivity contribution in [1.82, 2.24) is 24.4 Å². The van der Waals surface area contributed by atoms with E-state index in [4.69, 9.17) is 0 Å². The van der Waals surface area contributed by atoms with Crippen LogP contribution in [0.4, 0.5) is 0 Å². The smallest absolute Gasteiger partial charge is 0.243 e. The highest BCUT2D eigenvalue weighted by atomic mass is 35.5. The van der Waals surface area contributed by atoms with Gasteiger partial charge in [-0.3, -0.25) is 0 Å². The van der Waals surface area contributed by atoms with E-state index in [-0.39, 0.29) is 18.3 Å². The number of rotatable bonds is 4. The number of aromatic nitrogens is 3. The third kappa shape index (κ3) is 4.02. The van der Waals surface area contributed by atoms with Gasteiger partial charge in [-0.25, -0.2) is 8.42 Å². The predicted molar refractivity (Wildman–Crippen MR) is 108 cm³/mol. The standard InChI is InChI=1S/C17H23N5O2S2.ClH/c1-25-14-2-4-15(5-3-14)26(23,24)21-9-6-13(7-10-21)17-20-19-16-12-18-8-11-22(16)17;/h2-5,13,18H,6-12H2,1H3;1H. The van der Waals surface area contributed by atoms with E-state index in [9.17, 15) is 8.42 Å². The van der Waals surface area contributed by atoms with Gasteiger partial charge in [0, 0.05) is 37.0 Å². The van der Waals surface area contributed by atoms with E-state index in [1.165, 1.54) is 0 Å². The lowest BCUT2D eigenvalue weighted by molar-refractivity contribution is 0.307. The van der Waals surface area contributed by atoms with Crippen molar-refractivity contribution < 1.29 is 8.42 Å². The van der Waals surface area contributed by atoms with Crippen LogP contribution in [-0.4, -0.2) is 53.4 Å². The van der Waals surface area contributed by atoms with Gasteiger partial charge in [-0.2, -0.15) is 4.31 Å². The predicted octanol–water partition coefficient (Wildman–Crippen LogP) is 2.09. The molecule has 1 N–H and O–H groups in total. The Hall–Kier alpha value is -1.13. The molecule has 0 spiro atoms. The maximum Gasteiger partial charge on any atom is 0.243 e. The summed E-state index contributed by atoms with van der Waals surface area (Å²) in [5.74, 6) is 2.28. The number of benzene rings is 1. The Balaban J connectivity index is 0.00000210. The molecule has 7 nitrogen and oxygen atoms in total. The van der Waals surface area contributed by atoms with Crippen molar-refractivity contribution in [2.24, 2.45) is 0 Å². The Morgan fingerprint density at radius 3 is 2.48 bits per heavy atom. The van der Waals surface area contributed by atoms with Crippen molar-refractivity contribution in [1.29, 1.82) is 0 Å². The van der Waals surface area contributed by atoms with Crippen LogP contribution in [0.2, 0.25) is 0 Å². The maximum absolute atomic E-state index is 12.9. The zero-order chi connectivity index (χ0) is 18.1. The molecule has 0 unspecified atom stereocenters. The molecule has 2 aromatic rings. The average Bonchev–Trinajstić information content (AvgIpc) is 3.12. The molecule has 2 aliphatic rings. The van der Waals surface area contributed by atoms with Crippen LogP contribution in [0.25, 0.3) is 0 Å². The Kier molecular flexibility index (Phi) is 6.47. The Morgan fingerprint density at radius 1 is 1.11 bits per heavy atom. The van der Waals surface area contributed by atoms with Crippen molar-refractivity contribution in [3.63, 3.8) is 0 Å². The van der Waals surface area contributed by atoms with E-state index < -0.39 is 10.0 Å². The van der Waals surface area contributed by atoms with Gasteiger partial charge in [-0.1, -0.05) is 0 Å². The number of hydrogen-bond acceptors (Lipinski definition) is 6. The van der Waals surface area contributed by atoms with Crippen LogP contribution in [0.1, 0.15) is 30.4 Å². The van der Waals surface area contributed by atoms with Crippen LogP contribution < -0.4 is 5.32 Å². The summed E-state index contributed by atoms with van der Waals surface area (Å²) in [6, 6.07) is 7.13. The van der Waals surface area contributed by atoms with E-state index >= 15 is 0 Å². The summed E-state index contributed by atoms with van der Waals surface area (Å²) in [5.41, 5.74) is 0. The number of sulfonamides is 1. The molecule has 0 amide bonds. The number of fused-ring (bicyclic) bond motifs is 1. The molecule has 10 heteroatoms. The highest BCUT2D eigenvalue weighted by molar-refractivity contribution is 7.98. The molecule has 0 aliphatic carbocycles. The highest BCUT2D eigenvalue weighted by Gasteiger charge is 2.32. The van der Waals surface area contributed by atoms with Crippen LogP contribution in [0.15, 0.2) is 34.1 Å². The number of thioether (sulfide) groups is 1. The fourth-order valence-electron chi connectivity index (χ4n) is 3.67. The maximum atomic E-state index is 12.9. The normalized spacial score (nSPS) is 18.7. The molecular formula is C17H24ClN5O2S2. The van der Waals surface area contributed by atoms with Crippen molar-refractivity contribution >= 4 is 34.2 Å². The first-order valence-corrected chi connectivity index (χ1v) is 11.5. The fraction of sp³-hybridized carbons (Fsp3) is 0.529. The fourth-order valence-corrected chi connectivity index (χ4v) is 5.55. The highest BCUT2D eigenvalue weighted by Crippen LogP contribution is 2.31. The Bertz CT molecular complexity index is 877. The van der Waals surface area contributed by atoms with Gasteiger partial charge >= 0.3 is 0 Å². The molecule has 27 heavy (non-hydrogen) atoms. The lowest BCUT2D eigenvalue weighted by atomic mass is 9.97. The summed E-state index contributed by atoms with van der Waals surface area (Å²) in [5, 5.41) is 12.0. The zero-order valence-corrected chi connectivity index (χ0v) is 17.6. The summed E-state index contributed by atoms with van der Waals surface area (Å²) in [6.07, 6.45) is 3.55. The largest absolute Gasteiger partial charge is 0.312 e. The third-order valence-electron chi connectivity index (χ3n) is 5.17. The molecule has 1 saturated heterocycles. The first kappa shape index (κ1) is 20.6. The van der Waals surface area contributed by atoms with Crippen LogP contribution in [0.5, 0.6) is 0 Å². The summed E-state index contributed by atoms with van der Waals surface area (Å²) >= 11 is 1.61. The second-order valence-corrected chi connectivity index (χ2v) is 9.47. The van der Waals surface area contributed by atoms with Gasteiger partial charge in [0.2, 0.25) is 10.0 Å². The minimum absolute atomic E-state index is 0. The summed E-state index contributed by atoms with van der Waals surface area (Å²) in [6.45, 7) is 3.62. The molecule has 3 heterocycles. The van der Waals surface area contributed by atoms with E-state index in [0.29, 0.717) is 18.0 Å². The van der Waals surface area contributed by atoms with Crippen LogP contribution >= 0.6 is 24.2 Å². The number of hydrogen-bond donors (Lipinski definition) is 1. The van der Waals surface area contributed by atoms with Crippen molar-refractivity contribution in [3.8, 4) is 0 Å². The van der Waals surface area contributed by atoms with Gasteiger partial charge in [0.15, 0.2) is 0 Å². The number of halogens is 1. The topological polar surface area (TPSA) is 80.1 Å². The van der Waals surface area contributed by atoms with Crippen molar-refractivity contribution in [2.75, 3.05) is 25.9 Å². The van der Waals surface area contributed by atoms with Crippen molar-refractivity contribution in [3.05, 3.63) is 35.9 Å². The van der Waals surface area contributed by atoms with E-state index in [0.717, 1.165) is 49.0 Å². The van der Waals surface area contributed by atoms with Gasteiger partial charge < -0.3 is 9.88 Å². The van der Waals surface area contributed by atoms with E-state index in [1.807, 2.05) is 18.4 Å².